The van der Waals surface area contributed by atoms with E-state index in [1.165, 1.54) is 26.4 Å². The maximum Gasteiger partial charge on any atom is 0.420 e. The second kappa shape index (κ2) is 20.5. The highest BCUT2D eigenvalue weighted by atomic mass is 35.5. The minimum absolute atomic E-state index is 0.0490. The molecule has 0 unspecified atom stereocenters. The van der Waals surface area contributed by atoms with Crippen LogP contribution in [0.1, 0.15) is 101 Å². The van der Waals surface area contributed by atoms with Crippen LogP contribution in [-0.2, 0) is 22.6 Å². The Morgan fingerprint density at radius 3 is 1.38 bits per heavy atom. The van der Waals surface area contributed by atoms with Crippen molar-refractivity contribution in [3.63, 3.8) is 0 Å². The third kappa shape index (κ3) is 12.6. The number of halogens is 4. The van der Waals surface area contributed by atoms with E-state index in [1.54, 1.807) is 102 Å². The van der Waals surface area contributed by atoms with E-state index in [0.29, 0.717) is 72.0 Å². The summed E-state index contributed by atoms with van der Waals surface area (Å²) >= 11 is 12.9. The Bertz CT molecular complexity index is 2820. The molecule has 0 bridgehead atoms. The molecule has 2 fully saturated rings. The maximum absolute atomic E-state index is 14.4. The summed E-state index contributed by atoms with van der Waals surface area (Å²) in [6, 6.07) is 19.9. The smallest absolute Gasteiger partial charge is 0.420 e. The van der Waals surface area contributed by atoms with Crippen molar-refractivity contribution in [3.8, 4) is 57.6 Å². The van der Waals surface area contributed by atoms with Crippen molar-refractivity contribution in [2.75, 3.05) is 14.2 Å². The molecule has 0 aliphatic heterocycles. The van der Waals surface area contributed by atoms with Gasteiger partial charge in [0.05, 0.1) is 37.4 Å². The van der Waals surface area contributed by atoms with Gasteiger partial charge in [-0.15, -0.1) is 0 Å². The molecule has 2 aromatic heterocycles. The van der Waals surface area contributed by atoms with Gasteiger partial charge in [-0.25, -0.2) is 33.2 Å². The average Bonchev–Trinajstić information content (AvgIpc) is 4.24. The Labute approximate surface area is 403 Å². The van der Waals surface area contributed by atoms with Crippen molar-refractivity contribution in [3.05, 3.63) is 117 Å². The number of hydrogen-bond acceptors (Lipinski definition) is 13. The zero-order valence-corrected chi connectivity index (χ0v) is 40.4. The molecule has 14 nitrogen and oxygen atoms in total. The number of aromatic nitrogens is 6. The standard InChI is InChI=1S/C30H34ClFN4O5.C20H17ClFN3O2/c1-29(2,3)40-27(37)36(28(38)41-30(4,5)6)16-17-8-12-22(31)21(14-17)25-33-24(34-26(35-25)39-7)19-11-13-23(32)20(15-19)18-9-10-18;1-27-20-24-18(13-5-7-17(22)14(9-13)12-3-4-12)23-19(25-20)15-8-11(10-26)2-6-16(15)21/h8,11-15,18H,9-10,16H2,1-7H3;2,5-9,12,26H,3-4,10H2,1H3. The third-order valence-electron chi connectivity index (χ3n) is 10.4. The number of carbonyl (C=O) groups excluding carboxylic acids is 2. The maximum atomic E-state index is 14.4. The van der Waals surface area contributed by atoms with Crippen molar-refractivity contribution in [1.29, 1.82) is 0 Å². The number of aliphatic hydroxyl groups excluding tert-OH is 1. The minimum atomic E-state index is -0.852. The number of imide groups is 1. The summed E-state index contributed by atoms with van der Waals surface area (Å²) in [5.74, 6) is 1.20. The van der Waals surface area contributed by atoms with Crippen molar-refractivity contribution < 1.29 is 42.4 Å². The molecular weight excluding hydrogens is 919 g/mol. The van der Waals surface area contributed by atoms with Gasteiger partial charge in [0.15, 0.2) is 23.3 Å². The molecule has 8 rings (SSSR count). The summed E-state index contributed by atoms with van der Waals surface area (Å²) in [7, 11) is 2.90. The lowest BCUT2D eigenvalue weighted by molar-refractivity contribution is -0.000267. The van der Waals surface area contributed by atoms with Crippen molar-refractivity contribution in [1.82, 2.24) is 34.8 Å². The molecule has 2 amide bonds. The van der Waals surface area contributed by atoms with Crippen molar-refractivity contribution >= 4 is 35.4 Å². The van der Waals surface area contributed by atoms with Gasteiger partial charge in [-0.05, 0) is 162 Å². The minimum Gasteiger partial charge on any atom is -0.467 e. The Morgan fingerprint density at radius 2 is 1.00 bits per heavy atom. The second-order valence-electron chi connectivity index (χ2n) is 18.3. The zero-order valence-electron chi connectivity index (χ0n) is 38.9. The van der Waals surface area contributed by atoms with Crippen LogP contribution in [0.4, 0.5) is 18.4 Å². The van der Waals surface area contributed by atoms with Gasteiger partial charge in [0.1, 0.15) is 22.8 Å². The first kappa shape index (κ1) is 49.5. The van der Waals surface area contributed by atoms with E-state index in [9.17, 15) is 23.5 Å². The molecule has 356 valence electrons. The van der Waals surface area contributed by atoms with Gasteiger partial charge in [0.25, 0.3) is 0 Å². The number of methoxy groups -OCH3 is 2. The van der Waals surface area contributed by atoms with Crippen LogP contribution in [0.3, 0.4) is 0 Å². The largest absolute Gasteiger partial charge is 0.467 e. The number of nitrogens with zero attached hydrogens (tertiary/aromatic N) is 7. The number of benzene rings is 4. The Kier molecular flexibility index (Phi) is 14.9. The molecule has 18 heteroatoms. The van der Waals surface area contributed by atoms with Crippen LogP contribution in [0.2, 0.25) is 10.0 Å². The topological polar surface area (TPSA) is 172 Å². The molecule has 0 spiro atoms. The molecule has 2 saturated carbocycles. The lowest BCUT2D eigenvalue weighted by Crippen LogP contribution is -2.43. The fraction of sp³-hybridized carbons (Fsp3) is 0.360. The van der Waals surface area contributed by atoms with Gasteiger partial charge < -0.3 is 24.1 Å². The van der Waals surface area contributed by atoms with Gasteiger partial charge in [-0.2, -0.15) is 19.9 Å². The number of amides is 2. The van der Waals surface area contributed by atoms with Crippen LogP contribution in [0.25, 0.3) is 45.6 Å². The van der Waals surface area contributed by atoms with Gasteiger partial charge in [0.2, 0.25) is 0 Å². The van der Waals surface area contributed by atoms with Crippen LogP contribution in [0.15, 0.2) is 72.8 Å². The van der Waals surface area contributed by atoms with Crippen LogP contribution < -0.4 is 9.47 Å². The third-order valence-corrected chi connectivity index (χ3v) is 11.1. The van der Waals surface area contributed by atoms with Gasteiger partial charge in [0, 0.05) is 22.3 Å². The zero-order chi connectivity index (χ0) is 49.1. The van der Waals surface area contributed by atoms with Crippen LogP contribution in [0, 0.1) is 11.6 Å². The highest BCUT2D eigenvalue weighted by Crippen LogP contribution is 2.44. The van der Waals surface area contributed by atoms with Gasteiger partial charge in [-0.3, -0.25) is 0 Å². The van der Waals surface area contributed by atoms with E-state index in [1.807, 2.05) is 0 Å². The SMILES string of the molecule is COc1nc(-c2ccc(F)c(C3CC3)c2)nc(-c2cc(CN(C(=O)OC(C)(C)C)C(=O)OC(C)(C)C)ccc2Cl)n1.COc1nc(-c2ccc(F)c(C3CC3)c2)nc(-c2cc(CO)ccc2Cl)n1. The number of aliphatic hydroxyl groups is 1. The first-order valence-electron chi connectivity index (χ1n) is 21.8. The summed E-state index contributed by atoms with van der Waals surface area (Å²) in [4.78, 5) is 53.4. The highest BCUT2D eigenvalue weighted by Gasteiger charge is 2.32. The van der Waals surface area contributed by atoms with E-state index in [4.69, 9.17) is 42.1 Å². The quantitative estimate of drug-likeness (QED) is 0.130. The van der Waals surface area contributed by atoms with Gasteiger partial charge in [-0.1, -0.05) is 35.3 Å². The molecule has 1 N–H and O–H groups in total. The number of ether oxygens (including phenoxy) is 4. The molecule has 2 aliphatic rings. The molecule has 2 heterocycles. The fourth-order valence-electron chi connectivity index (χ4n) is 6.88. The summed E-state index contributed by atoms with van der Waals surface area (Å²) < 4.78 is 50.0. The summed E-state index contributed by atoms with van der Waals surface area (Å²) in [6.07, 6.45) is 2.17. The number of hydrogen-bond donors (Lipinski definition) is 1. The van der Waals surface area contributed by atoms with Crippen LogP contribution in [-0.4, -0.2) is 77.5 Å². The predicted octanol–water partition coefficient (Wildman–Crippen LogP) is 11.9. The highest BCUT2D eigenvalue weighted by molar-refractivity contribution is 6.33. The first-order chi connectivity index (χ1) is 32.2. The molecule has 0 atom stereocenters. The van der Waals surface area contributed by atoms with Crippen molar-refractivity contribution in [2.45, 2.75) is 103 Å². The molecule has 68 heavy (non-hydrogen) atoms. The normalized spacial score (nSPS) is 13.5. The molecule has 2 aliphatic carbocycles. The molecule has 4 aromatic carbocycles. The van der Waals surface area contributed by atoms with E-state index in [-0.39, 0.29) is 54.5 Å². The number of carbonyl (C=O) groups is 2. The van der Waals surface area contributed by atoms with E-state index < -0.39 is 23.4 Å². The Balaban J connectivity index is 0.000000218. The van der Waals surface area contributed by atoms with Gasteiger partial charge >= 0.3 is 24.2 Å². The predicted molar refractivity (Wildman–Crippen MR) is 252 cm³/mol. The summed E-state index contributed by atoms with van der Waals surface area (Å²) in [5, 5.41) is 10.2. The Hall–Kier alpha value is -6.36. The molecule has 0 radical (unpaired) electrons. The summed E-state index contributed by atoms with van der Waals surface area (Å²) in [5.41, 5.74) is 3.17. The Morgan fingerprint density at radius 1 is 0.603 bits per heavy atom. The monoisotopic (exact) mass is 969 g/mol. The van der Waals surface area contributed by atoms with E-state index in [2.05, 4.69) is 29.9 Å². The lowest BCUT2D eigenvalue weighted by Gasteiger charge is -2.28. The van der Waals surface area contributed by atoms with Crippen LogP contribution in [0.5, 0.6) is 12.0 Å². The van der Waals surface area contributed by atoms with Crippen LogP contribution >= 0.6 is 23.2 Å². The summed E-state index contributed by atoms with van der Waals surface area (Å²) in [6.45, 7) is 9.96. The van der Waals surface area contributed by atoms with Crippen molar-refractivity contribution in [2.24, 2.45) is 0 Å². The molecular formula is C50H51Cl2F2N7O7. The number of rotatable bonds is 11. The first-order valence-corrected chi connectivity index (χ1v) is 22.6. The average molecular weight is 971 g/mol. The molecule has 6 aromatic rings. The lowest BCUT2D eigenvalue weighted by atomic mass is 10.1. The molecule has 0 saturated heterocycles. The van der Waals surface area contributed by atoms with E-state index in [0.717, 1.165) is 30.6 Å². The van der Waals surface area contributed by atoms with E-state index >= 15 is 0 Å². The second-order valence-corrected chi connectivity index (χ2v) is 19.1. The fourth-order valence-corrected chi connectivity index (χ4v) is 7.28.